The molecule has 3 aliphatic heterocycles. The van der Waals surface area contributed by atoms with Crippen molar-refractivity contribution < 1.29 is 33.3 Å². The molecule has 7 nitrogen and oxygen atoms in total. The van der Waals surface area contributed by atoms with Gasteiger partial charge in [0.05, 0.1) is 31.7 Å². The number of ketones is 1. The lowest BCUT2D eigenvalue weighted by Crippen LogP contribution is -2.63. The van der Waals surface area contributed by atoms with Crippen LogP contribution in [0, 0.1) is 50.7 Å². The average Bonchev–Trinajstić information content (AvgIpc) is 3.23. The van der Waals surface area contributed by atoms with E-state index in [0.717, 1.165) is 32.1 Å². The molecule has 3 saturated heterocycles. The minimum Gasteiger partial charge on any atom is -0.457 e. The second-order valence-electron chi connectivity index (χ2n) is 17.6. The quantitative estimate of drug-likeness (QED) is 0.258. The zero-order valence-corrected chi connectivity index (χ0v) is 28.4. The molecule has 0 unspecified atom stereocenters. The van der Waals surface area contributed by atoms with Crippen molar-refractivity contribution in [3.8, 4) is 0 Å². The van der Waals surface area contributed by atoms with Gasteiger partial charge in [0, 0.05) is 30.6 Å². The number of fused-ring (bicyclic) bond motifs is 5. The lowest BCUT2D eigenvalue weighted by molar-refractivity contribution is -0.192. The molecule has 8 aliphatic rings. The fourth-order valence-corrected chi connectivity index (χ4v) is 13.2. The van der Waals surface area contributed by atoms with Crippen molar-refractivity contribution in [3.63, 3.8) is 0 Å². The van der Waals surface area contributed by atoms with E-state index in [1.54, 1.807) is 0 Å². The van der Waals surface area contributed by atoms with Gasteiger partial charge in [0.25, 0.3) is 0 Å². The molecule has 0 N–H and O–H groups in total. The van der Waals surface area contributed by atoms with Crippen molar-refractivity contribution in [2.24, 2.45) is 50.7 Å². The van der Waals surface area contributed by atoms with E-state index in [2.05, 4.69) is 63.3 Å². The number of carbonyl (C=O) groups is 3. The Balaban J connectivity index is 1.01. The van der Waals surface area contributed by atoms with Crippen LogP contribution in [-0.2, 0) is 33.3 Å². The number of Topliss-reactive ketones (excluding diaryl/α,β-unsaturated/α-hetero) is 1. The van der Waals surface area contributed by atoms with Gasteiger partial charge in [-0.05, 0) is 78.6 Å². The highest BCUT2D eigenvalue weighted by Crippen LogP contribution is 2.89. The molecule has 0 aromatic heterocycles. The SMILES string of the molecule is CC(=O)O[C@@]1(C)CO[C@]2(C[C@@H]([C@@H]3CC[C@]45C[C@]34C=C[C@@H]3[C@@]4(C)CC=C6C[C@@H](c7ccccc7)OC[C@]6(C)[C@@H]4CC(=O)[C@]35C)C(=O)O2)C1. The standard InChI is InChI=1S/C40H48O7/c1-24(41)46-34(2)20-40(45-22-34)19-27(33(43)47-40)28-12-16-39-21-38(28,39)15-13-30-35(3)14-11-26-17-29(25-9-7-6-8-10-25)44-23-36(26,4)31(35)18-32(42)37(30,39)5/h6-11,13,15,27-31H,12,14,16-23H2,1-5H3/t27-,28-,29-,30+,31+,34+,35+,36-,37-,38+,39+,40-/m0/s1. The number of hydrogen-bond acceptors (Lipinski definition) is 7. The average molecular weight is 641 g/mol. The van der Waals surface area contributed by atoms with Gasteiger partial charge in [-0.2, -0.15) is 0 Å². The highest BCUT2D eigenvalue weighted by molar-refractivity contribution is 5.90. The fraction of sp³-hybridized carbons (Fsp3) is 0.675. The van der Waals surface area contributed by atoms with E-state index < -0.39 is 16.8 Å². The van der Waals surface area contributed by atoms with Crippen LogP contribution in [0.3, 0.4) is 0 Å². The van der Waals surface area contributed by atoms with Crippen LogP contribution in [-0.4, -0.2) is 42.3 Å². The minimum absolute atomic E-state index is 0.0584. The van der Waals surface area contributed by atoms with Crippen LogP contribution in [0.15, 0.2) is 54.1 Å². The first-order valence-electron chi connectivity index (χ1n) is 17.9. The summed E-state index contributed by atoms with van der Waals surface area (Å²) in [6, 6.07) is 10.5. The van der Waals surface area contributed by atoms with Gasteiger partial charge in [0.15, 0.2) is 0 Å². The van der Waals surface area contributed by atoms with Gasteiger partial charge < -0.3 is 18.9 Å². The highest BCUT2D eigenvalue weighted by Gasteiger charge is 2.85. The summed E-state index contributed by atoms with van der Waals surface area (Å²) in [4.78, 5) is 40.2. The Bertz CT molecular complexity index is 1650. The zero-order chi connectivity index (χ0) is 32.8. The van der Waals surface area contributed by atoms with E-state index in [-0.39, 0.29) is 70.0 Å². The third-order valence-electron chi connectivity index (χ3n) is 15.3. The number of benzene rings is 1. The number of allylic oxidation sites excluding steroid dienone is 3. The number of ether oxygens (including phenoxy) is 4. The van der Waals surface area contributed by atoms with E-state index in [1.807, 2.05) is 13.0 Å². The topological polar surface area (TPSA) is 88.1 Å². The molecule has 5 aliphatic carbocycles. The Morgan fingerprint density at radius 3 is 2.55 bits per heavy atom. The maximum atomic E-state index is 14.8. The minimum atomic E-state index is -1.04. The molecule has 0 bridgehead atoms. The lowest BCUT2D eigenvalue weighted by atomic mass is 9.39. The maximum Gasteiger partial charge on any atom is 0.312 e. The molecular weight excluding hydrogens is 592 g/mol. The molecule has 9 rings (SSSR count). The normalized spacial score (nSPS) is 52.1. The van der Waals surface area contributed by atoms with Gasteiger partial charge in [-0.25, -0.2) is 0 Å². The van der Waals surface area contributed by atoms with Crippen molar-refractivity contribution in [3.05, 3.63) is 59.7 Å². The van der Waals surface area contributed by atoms with Gasteiger partial charge in [0.1, 0.15) is 11.4 Å². The highest BCUT2D eigenvalue weighted by atomic mass is 16.7. The van der Waals surface area contributed by atoms with Crippen molar-refractivity contribution >= 4 is 17.7 Å². The van der Waals surface area contributed by atoms with Crippen molar-refractivity contribution in [1.82, 2.24) is 0 Å². The smallest absolute Gasteiger partial charge is 0.312 e. The summed E-state index contributed by atoms with van der Waals surface area (Å²) in [5.74, 6) is -1.01. The molecule has 6 fully saturated rings. The maximum absolute atomic E-state index is 14.8. The lowest BCUT2D eigenvalue weighted by Gasteiger charge is -2.64. The predicted octanol–water partition coefficient (Wildman–Crippen LogP) is 7.06. The summed E-state index contributed by atoms with van der Waals surface area (Å²) in [7, 11) is 0. The summed E-state index contributed by atoms with van der Waals surface area (Å²) in [6.45, 7) is 11.2. The van der Waals surface area contributed by atoms with E-state index in [0.29, 0.717) is 31.7 Å². The molecule has 1 aromatic carbocycles. The Labute approximate surface area is 277 Å². The summed E-state index contributed by atoms with van der Waals surface area (Å²) >= 11 is 0. The first-order chi connectivity index (χ1) is 22.2. The monoisotopic (exact) mass is 640 g/mol. The van der Waals surface area contributed by atoms with E-state index in [1.165, 1.54) is 18.1 Å². The third-order valence-corrected chi connectivity index (χ3v) is 15.3. The van der Waals surface area contributed by atoms with Crippen LogP contribution in [0.5, 0.6) is 0 Å². The zero-order valence-electron chi connectivity index (χ0n) is 28.4. The third kappa shape index (κ3) is 3.68. The van der Waals surface area contributed by atoms with Crippen LogP contribution in [0.25, 0.3) is 0 Å². The van der Waals surface area contributed by atoms with Crippen LogP contribution < -0.4 is 0 Å². The Morgan fingerprint density at radius 1 is 1.00 bits per heavy atom. The summed E-state index contributed by atoms with van der Waals surface area (Å²) in [5.41, 5.74) is 0.897. The van der Waals surface area contributed by atoms with Crippen LogP contribution in [0.2, 0.25) is 0 Å². The molecule has 47 heavy (non-hydrogen) atoms. The molecule has 1 spiro atoms. The summed E-state index contributed by atoms with van der Waals surface area (Å²) in [5, 5.41) is 0. The molecule has 3 heterocycles. The summed E-state index contributed by atoms with van der Waals surface area (Å²) < 4.78 is 24.4. The Hall–Kier alpha value is -2.77. The van der Waals surface area contributed by atoms with Gasteiger partial charge >= 0.3 is 11.9 Å². The van der Waals surface area contributed by atoms with Gasteiger partial charge in [-0.1, -0.05) is 74.9 Å². The fourth-order valence-electron chi connectivity index (χ4n) is 13.2. The molecule has 3 saturated carbocycles. The number of hydrogen-bond donors (Lipinski definition) is 0. The molecule has 1 aromatic rings. The number of rotatable bonds is 3. The van der Waals surface area contributed by atoms with Gasteiger partial charge in [0.2, 0.25) is 5.79 Å². The predicted molar refractivity (Wildman–Crippen MR) is 172 cm³/mol. The molecule has 250 valence electrons. The van der Waals surface area contributed by atoms with E-state index in [9.17, 15) is 14.4 Å². The van der Waals surface area contributed by atoms with Crippen molar-refractivity contribution in [2.75, 3.05) is 13.2 Å². The van der Waals surface area contributed by atoms with Crippen molar-refractivity contribution in [2.45, 2.75) is 103 Å². The van der Waals surface area contributed by atoms with Gasteiger partial charge in [-0.3, -0.25) is 14.4 Å². The van der Waals surface area contributed by atoms with E-state index >= 15 is 0 Å². The Morgan fingerprint density at radius 2 is 1.79 bits per heavy atom. The molecule has 7 heteroatoms. The second kappa shape index (κ2) is 9.26. The van der Waals surface area contributed by atoms with Crippen LogP contribution in [0.4, 0.5) is 0 Å². The molecule has 12 atom stereocenters. The summed E-state index contributed by atoms with van der Waals surface area (Å²) in [6.07, 6.45) is 13.6. The molecule has 0 radical (unpaired) electrons. The first kappa shape index (κ1) is 30.3. The van der Waals surface area contributed by atoms with Crippen molar-refractivity contribution in [1.29, 1.82) is 0 Å². The number of esters is 2. The molecular formula is C40H48O7. The Kier molecular flexibility index (Phi) is 5.97. The van der Waals surface area contributed by atoms with Gasteiger partial charge in [-0.15, -0.1) is 0 Å². The van der Waals surface area contributed by atoms with E-state index in [4.69, 9.17) is 18.9 Å². The first-order valence-corrected chi connectivity index (χ1v) is 17.9. The molecule has 0 amide bonds. The largest absolute Gasteiger partial charge is 0.457 e. The number of carbonyl (C=O) groups excluding carboxylic acids is 3. The van der Waals surface area contributed by atoms with Crippen LogP contribution in [0.1, 0.15) is 97.7 Å². The second-order valence-corrected chi connectivity index (χ2v) is 17.6. The van der Waals surface area contributed by atoms with Crippen LogP contribution >= 0.6 is 0 Å².